The van der Waals surface area contributed by atoms with Crippen LogP contribution < -0.4 is 0 Å². The molecule has 0 saturated carbocycles. The van der Waals surface area contributed by atoms with Gasteiger partial charge in [-0.1, -0.05) is 42.5 Å². The fourth-order valence-corrected chi connectivity index (χ4v) is 1.69. The average Bonchev–Trinajstić information content (AvgIpc) is 2.41. The smallest absolute Gasteiger partial charge is 0.167 e. The number of Topliss-reactive ketones (excluding diaryl/α,β-unsaturated/α-hetero) is 2. The summed E-state index contributed by atoms with van der Waals surface area (Å²) >= 11 is 0. The first-order chi connectivity index (χ1) is 9.50. The molecule has 1 aromatic rings. The van der Waals surface area contributed by atoms with E-state index in [0.717, 1.165) is 5.56 Å². The molecule has 1 aromatic carbocycles. The molecular formula is C17H21NO2. The summed E-state index contributed by atoms with van der Waals surface area (Å²) in [4.78, 5) is 25.4. The standard InChI is InChI=1S/C17H21NO2/c1-14(19)16(17(20)12-13-18(2)3)11-7-10-15-8-5-4-6-9-15/h4-11H,12-13H2,1-3H3. The average molecular weight is 271 g/mol. The summed E-state index contributed by atoms with van der Waals surface area (Å²) in [6.45, 7) is 2.07. The van der Waals surface area contributed by atoms with Crippen molar-refractivity contribution in [3.63, 3.8) is 0 Å². The van der Waals surface area contributed by atoms with Crippen LogP contribution in [0.1, 0.15) is 18.9 Å². The normalized spacial score (nSPS) is 12.1. The van der Waals surface area contributed by atoms with Crippen LogP contribution in [0.15, 0.2) is 48.1 Å². The van der Waals surface area contributed by atoms with Crippen LogP contribution >= 0.6 is 0 Å². The molecule has 0 N–H and O–H groups in total. The van der Waals surface area contributed by atoms with E-state index in [9.17, 15) is 9.59 Å². The minimum atomic E-state index is -0.188. The van der Waals surface area contributed by atoms with Crippen LogP contribution in [0.25, 0.3) is 6.08 Å². The molecule has 20 heavy (non-hydrogen) atoms. The van der Waals surface area contributed by atoms with Gasteiger partial charge in [0.25, 0.3) is 0 Å². The zero-order valence-electron chi connectivity index (χ0n) is 12.3. The summed E-state index contributed by atoms with van der Waals surface area (Å²) in [6.07, 6.45) is 5.59. The SMILES string of the molecule is CC(=O)C(=CC=Cc1ccccc1)C(=O)CCN(C)C. The second kappa shape index (κ2) is 8.23. The molecule has 0 bridgehead atoms. The van der Waals surface area contributed by atoms with Gasteiger partial charge < -0.3 is 4.90 Å². The molecule has 0 radical (unpaired) electrons. The number of ketones is 2. The van der Waals surface area contributed by atoms with Crippen molar-refractivity contribution in [1.82, 2.24) is 4.90 Å². The topological polar surface area (TPSA) is 37.4 Å². The zero-order valence-corrected chi connectivity index (χ0v) is 12.3. The number of carbonyl (C=O) groups is 2. The van der Waals surface area contributed by atoms with E-state index in [-0.39, 0.29) is 17.1 Å². The minimum Gasteiger partial charge on any atom is -0.309 e. The van der Waals surface area contributed by atoms with E-state index in [1.165, 1.54) is 6.92 Å². The van der Waals surface area contributed by atoms with Crippen LogP contribution in [-0.2, 0) is 9.59 Å². The van der Waals surface area contributed by atoms with Gasteiger partial charge in [0.05, 0.1) is 5.57 Å². The summed E-state index contributed by atoms with van der Waals surface area (Å²) in [5.74, 6) is -0.296. The Kier molecular flexibility index (Phi) is 6.60. The highest BCUT2D eigenvalue weighted by atomic mass is 16.1. The van der Waals surface area contributed by atoms with Gasteiger partial charge in [-0.15, -0.1) is 0 Å². The van der Waals surface area contributed by atoms with Crippen molar-refractivity contribution in [2.75, 3.05) is 20.6 Å². The van der Waals surface area contributed by atoms with Gasteiger partial charge >= 0.3 is 0 Å². The first kappa shape index (κ1) is 16.1. The molecule has 0 aliphatic heterocycles. The predicted molar refractivity (Wildman–Crippen MR) is 82.4 cm³/mol. The molecular weight excluding hydrogens is 250 g/mol. The molecule has 0 amide bonds. The third kappa shape index (κ3) is 5.76. The summed E-state index contributed by atoms with van der Waals surface area (Å²) in [6, 6.07) is 9.76. The van der Waals surface area contributed by atoms with E-state index >= 15 is 0 Å². The van der Waals surface area contributed by atoms with Crippen LogP contribution in [0.5, 0.6) is 0 Å². The number of carbonyl (C=O) groups excluding carboxylic acids is 2. The minimum absolute atomic E-state index is 0.107. The first-order valence-electron chi connectivity index (χ1n) is 6.63. The second-order valence-corrected chi connectivity index (χ2v) is 4.88. The molecule has 0 unspecified atom stereocenters. The number of hydrogen-bond donors (Lipinski definition) is 0. The molecule has 0 aliphatic rings. The quantitative estimate of drug-likeness (QED) is 0.331. The Bertz CT molecular complexity index is 513. The lowest BCUT2D eigenvalue weighted by molar-refractivity contribution is -0.120. The monoisotopic (exact) mass is 271 g/mol. The van der Waals surface area contributed by atoms with Crippen LogP contribution in [0.3, 0.4) is 0 Å². The third-order valence-electron chi connectivity index (χ3n) is 2.82. The number of hydrogen-bond acceptors (Lipinski definition) is 3. The maximum Gasteiger partial charge on any atom is 0.167 e. The molecule has 1 rings (SSSR count). The Hall–Kier alpha value is -2.00. The Morgan fingerprint density at radius 1 is 1.15 bits per heavy atom. The Morgan fingerprint density at radius 2 is 1.80 bits per heavy atom. The Balaban J connectivity index is 2.75. The van der Waals surface area contributed by atoms with E-state index in [1.54, 1.807) is 12.2 Å². The number of allylic oxidation sites excluding steroid dienone is 3. The number of nitrogens with zero attached hydrogens (tertiary/aromatic N) is 1. The Morgan fingerprint density at radius 3 is 2.35 bits per heavy atom. The maximum atomic E-state index is 12.0. The highest BCUT2D eigenvalue weighted by Crippen LogP contribution is 2.06. The van der Waals surface area contributed by atoms with Crippen molar-refractivity contribution in [3.05, 3.63) is 53.6 Å². The second-order valence-electron chi connectivity index (χ2n) is 4.88. The Labute approximate surface area is 120 Å². The largest absolute Gasteiger partial charge is 0.309 e. The highest BCUT2D eigenvalue weighted by molar-refractivity contribution is 6.19. The lowest BCUT2D eigenvalue weighted by Crippen LogP contribution is -2.19. The van der Waals surface area contributed by atoms with E-state index < -0.39 is 0 Å². The summed E-state index contributed by atoms with van der Waals surface area (Å²) in [5, 5.41) is 0. The van der Waals surface area contributed by atoms with Crippen LogP contribution in [0, 0.1) is 0 Å². The van der Waals surface area contributed by atoms with Gasteiger partial charge in [-0.3, -0.25) is 9.59 Å². The van der Waals surface area contributed by atoms with Gasteiger partial charge in [0.2, 0.25) is 0 Å². The van der Waals surface area contributed by atoms with Crippen molar-refractivity contribution >= 4 is 17.6 Å². The van der Waals surface area contributed by atoms with Gasteiger partial charge in [0.15, 0.2) is 11.6 Å². The lowest BCUT2D eigenvalue weighted by atomic mass is 10.0. The molecule has 0 spiro atoms. The summed E-state index contributed by atoms with van der Waals surface area (Å²) in [7, 11) is 3.81. The van der Waals surface area contributed by atoms with Crippen LogP contribution in [-0.4, -0.2) is 37.1 Å². The van der Waals surface area contributed by atoms with Gasteiger partial charge in [-0.05, 0) is 32.7 Å². The highest BCUT2D eigenvalue weighted by Gasteiger charge is 2.13. The number of benzene rings is 1. The van der Waals surface area contributed by atoms with Gasteiger partial charge in [0, 0.05) is 13.0 Å². The van der Waals surface area contributed by atoms with E-state index in [0.29, 0.717) is 13.0 Å². The molecule has 0 aromatic heterocycles. The van der Waals surface area contributed by atoms with Gasteiger partial charge in [0.1, 0.15) is 0 Å². The van der Waals surface area contributed by atoms with Gasteiger partial charge in [-0.2, -0.15) is 0 Å². The third-order valence-corrected chi connectivity index (χ3v) is 2.82. The van der Waals surface area contributed by atoms with E-state index in [1.807, 2.05) is 55.4 Å². The van der Waals surface area contributed by atoms with Crippen molar-refractivity contribution in [1.29, 1.82) is 0 Å². The van der Waals surface area contributed by atoms with Gasteiger partial charge in [-0.25, -0.2) is 0 Å². The molecule has 0 atom stereocenters. The molecule has 3 nitrogen and oxygen atoms in total. The zero-order chi connectivity index (χ0) is 15.0. The number of rotatable bonds is 7. The van der Waals surface area contributed by atoms with E-state index in [2.05, 4.69) is 0 Å². The predicted octanol–water partition coefficient (Wildman–Crippen LogP) is 2.74. The van der Waals surface area contributed by atoms with Crippen molar-refractivity contribution in [2.24, 2.45) is 0 Å². The molecule has 3 heteroatoms. The van der Waals surface area contributed by atoms with Crippen LogP contribution in [0.2, 0.25) is 0 Å². The fourth-order valence-electron chi connectivity index (χ4n) is 1.69. The molecule has 106 valence electrons. The van der Waals surface area contributed by atoms with Crippen LogP contribution in [0.4, 0.5) is 0 Å². The summed E-state index contributed by atoms with van der Waals surface area (Å²) in [5.41, 5.74) is 1.30. The fraction of sp³-hybridized carbons (Fsp3) is 0.294. The maximum absolute atomic E-state index is 12.0. The van der Waals surface area contributed by atoms with Crippen molar-refractivity contribution < 1.29 is 9.59 Å². The van der Waals surface area contributed by atoms with Crippen molar-refractivity contribution in [3.8, 4) is 0 Å². The molecule has 0 saturated heterocycles. The lowest BCUT2D eigenvalue weighted by Gasteiger charge is -2.08. The molecule has 0 fully saturated rings. The van der Waals surface area contributed by atoms with Crippen molar-refractivity contribution in [2.45, 2.75) is 13.3 Å². The molecule has 0 heterocycles. The van der Waals surface area contributed by atoms with E-state index in [4.69, 9.17) is 0 Å². The first-order valence-corrected chi connectivity index (χ1v) is 6.63. The summed E-state index contributed by atoms with van der Waals surface area (Å²) < 4.78 is 0. The molecule has 0 aliphatic carbocycles.